The van der Waals surface area contributed by atoms with Crippen LogP contribution in [0.15, 0.2) is 70.0 Å². The number of fused-ring (bicyclic) bond motifs is 1. The van der Waals surface area contributed by atoms with Gasteiger partial charge < -0.3 is 9.84 Å². The van der Waals surface area contributed by atoms with E-state index in [1.165, 1.54) is 5.39 Å². The minimum Gasteiger partial charge on any atom is -0.488 e. The molecule has 31 heavy (non-hydrogen) atoms. The summed E-state index contributed by atoms with van der Waals surface area (Å²) in [4.78, 5) is 35.9. The molecule has 0 aliphatic carbocycles. The van der Waals surface area contributed by atoms with E-state index in [-0.39, 0.29) is 4.91 Å². The Balaban J connectivity index is 1.46. The number of benzene rings is 3. The first-order valence-corrected chi connectivity index (χ1v) is 10.9. The lowest BCUT2D eigenvalue weighted by atomic mass is 10.1. The van der Waals surface area contributed by atoms with Crippen LogP contribution in [0.3, 0.4) is 0 Å². The van der Waals surface area contributed by atoms with Gasteiger partial charge >= 0.3 is 5.97 Å². The summed E-state index contributed by atoms with van der Waals surface area (Å²) in [6.45, 7) is -0.246. The average molecular weight is 498 g/mol. The fourth-order valence-electron chi connectivity index (χ4n) is 3.14. The number of rotatable bonds is 6. The van der Waals surface area contributed by atoms with Crippen molar-refractivity contribution in [1.82, 2.24) is 4.90 Å². The summed E-state index contributed by atoms with van der Waals surface area (Å²) in [5.41, 5.74) is 1.73. The van der Waals surface area contributed by atoms with Gasteiger partial charge in [-0.15, -0.1) is 0 Å². The molecule has 0 atom stereocenters. The molecule has 2 amide bonds. The van der Waals surface area contributed by atoms with Crippen molar-refractivity contribution < 1.29 is 24.2 Å². The van der Waals surface area contributed by atoms with Gasteiger partial charge in [0.25, 0.3) is 11.1 Å². The molecule has 0 saturated carbocycles. The molecule has 1 N–H and O–H groups in total. The molecule has 0 bridgehead atoms. The van der Waals surface area contributed by atoms with Gasteiger partial charge in [-0.05, 0) is 73.9 Å². The Bertz CT molecular complexity index is 1240. The normalized spacial score (nSPS) is 15.1. The van der Waals surface area contributed by atoms with Gasteiger partial charge in [-0.1, -0.05) is 42.5 Å². The third kappa shape index (κ3) is 4.81. The van der Waals surface area contributed by atoms with Crippen LogP contribution in [0.4, 0.5) is 4.79 Å². The van der Waals surface area contributed by atoms with Crippen LogP contribution < -0.4 is 4.74 Å². The smallest absolute Gasteiger partial charge is 0.323 e. The van der Waals surface area contributed by atoms with Crippen molar-refractivity contribution in [3.05, 3.63) is 81.2 Å². The van der Waals surface area contributed by atoms with Crippen LogP contribution in [0.25, 0.3) is 16.8 Å². The number of ether oxygens (including phenoxy) is 1. The van der Waals surface area contributed by atoms with E-state index in [1.807, 2.05) is 18.2 Å². The first-order valence-electron chi connectivity index (χ1n) is 9.28. The van der Waals surface area contributed by atoms with Gasteiger partial charge in [0.2, 0.25) is 0 Å². The van der Waals surface area contributed by atoms with E-state index in [2.05, 4.69) is 40.2 Å². The molecule has 156 valence electrons. The Kier molecular flexibility index (Phi) is 6.11. The van der Waals surface area contributed by atoms with E-state index in [1.54, 1.807) is 24.3 Å². The number of hydrogen-bond donors (Lipinski definition) is 1. The molecule has 1 aliphatic rings. The minimum atomic E-state index is -1.24. The zero-order valence-electron chi connectivity index (χ0n) is 16.1. The van der Waals surface area contributed by atoms with E-state index < -0.39 is 23.7 Å². The van der Waals surface area contributed by atoms with Crippen LogP contribution in [-0.4, -0.2) is 33.7 Å². The number of carbonyl (C=O) groups is 3. The van der Waals surface area contributed by atoms with Crippen molar-refractivity contribution in [1.29, 1.82) is 0 Å². The fourth-order valence-corrected chi connectivity index (χ4v) is 4.49. The molecule has 1 heterocycles. The molecule has 0 spiro atoms. The first-order chi connectivity index (χ1) is 14.9. The predicted octanol–water partition coefficient (Wildman–Crippen LogP) is 5.30. The van der Waals surface area contributed by atoms with E-state index in [0.29, 0.717) is 22.4 Å². The molecule has 0 unspecified atom stereocenters. The largest absolute Gasteiger partial charge is 0.488 e. The maximum atomic E-state index is 12.3. The zero-order chi connectivity index (χ0) is 22.0. The number of carboxylic acids is 1. The Hall–Kier alpha value is -3.10. The third-order valence-electron chi connectivity index (χ3n) is 4.63. The van der Waals surface area contributed by atoms with Crippen LogP contribution in [0, 0.1) is 0 Å². The zero-order valence-corrected chi connectivity index (χ0v) is 18.5. The van der Waals surface area contributed by atoms with E-state index in [0.717, 1.165) is 27.6 Å². The number of nitrogens with zero attached hydrogens (tertiary/aromatic N) is 1. The molecule has 1 fully saturated rings. The minimum absolute atomic E-state index is 0.183. The Morgan fingerprint density at radius 2 is 1.84 bits per heavy atom. The molecule has 0 radical (unpaired) electrons. The van der Waals surface area contributed by atoms with E-state index >= 15 is 0 Å². The third-order valence-corrected chi connectivity index (χ3v) is 6.16. The van der Waals surface area contributed by atoms with Crippen molar-refractivity contribution in [3.8, 4) is 5.75 Å². The lowest BCUT2D eigenvalue weighted by Crippen LogP contribution is -2.33. The van der Waals surface area contributed by atoms with Crippen LogP contribution in [-0.2, 0) is 16.2 Å². The first kappa shape index (κ1) is 21.1. The van der Waals surface area contributed by atoms with Crippen molar-refractivity contribution in [2.75, 3.05) is 6.54 Å². The standard InChI is InChI=1S/C23H16BrNO5S/c24-18-10-14(11-20-22(28)25(12-21(26)27)23(29)31-20)6-8-19(18)30-13-15-5-7-16-3-1-2-4-17(16)9-15/h1-11H,12-13H2,(H,26,27)/b20-11+. The van der Waals surface area contributed by atoms with Gasteiger partial charge in [-0.25, -0.2) is 0 Å². The lowest BCUT2D eigenvalue weighted by Gasteiger charge is -2.10. The average Bonchev–Trinajstić information content (AvgIpc) is 3.00. The summed E-state index contributed by atoms with van der Waals surface area (Å²) in [6.07, 6.45) is 1.56. The Morgan fingerprint density at radius 1 is 1.06 bits per heavy atom. The summed E-state index contributed by atoms with van der Waals surface area (Å²) in [5.74, 6) is -1.20. The highest BCUT2D eigenvalue weighted by molar-refractivity contribution is 9.10. The summed E-state index contributed by atoms with van der Waals surface area (Å²) in [7, 11) is 0. The highest BCUT2D eigenvalue weighted by Gasteiger charge is 2.36. The number of carboxylic acid groups (broad SMARTS) is 1. The molecule has 6 nitrogen and oxygen atoms in total. The van der Waals surface area contributed by atoms with Crippen molar-refractivity contribution in [2.24, 2.45) is 0 Å². The molecule has 8 heteroatoms. The van der Waals surface area contributed by atoms with Crippen molar-refractivity contribution >= 4 is 61.7 Å². The van der Waals surface area contributed by atoms with Crippen LogP contribution in [0.2, 0.25) is 0 Å². The second kappa shape index (κ2) is 8.95. The summed E-state index contributed by atoms with van der Waals surface area (Å²) >= 11 is 4.21. The molecule has 1 saturated heterocycles. The monoisotopic (exact) mass is 497 g/mol. The lowest BCUT2D eigenvalue weighted by molar-refractivity contribution is -0.140. The maximum Gasteiger partial charge on any atom is 0.323 e. The number of halogens is 1. The molecule has 0 aromatic heterocycles. The van der Waals surface area contributed by atoms with Crippen LogP contribution in [0.5, 0.6) is 5.75 Å². The summed E-state index contributed by atoms with van der Waals surface area (Å²) in [5, 5.41) is 10.6. The van der Waals surface area contributed by atoms with Crippen molar-refractivity contribution in [2.45, 2.75) is 6.61 Å². The van der Waals surface area contributed by atoms with Gasteiger partial charge in [0.05, 0.1) is 9.38 Å². The quantitative estimate of drug-likeness (QED) is 0.465. The SMILES string of the molecule is O=C(O)CN1C(=O)S/C(=C/c2ccc(OCc3ccc4ccccc4c3)c(Br)c2)C1=O. The topological polar surface area (TPSA) is 83.9 Å². The molecule has 1 aliphatic heterocycles. The number of aliphatic carboxylic acids is 1. The van der Waals surface area contributed by atoms with Gasteiger partial charge in [-0.3, -0.25) is 19.3 Å². The van der Waals surface area contributed by atoms with Gasteiger partial charge in [-0.2, -0.15) is 0 Å². The predicted molar refractivity (Wildman–Crippen MR) is 123 cm³/mol. The Labute approximate surface area is 190 Å². The van der Waals surface area contributed by atoms with Crippen LogP contribution in [0.1, 0.15) is 11.1 Å². The number of thioether (sulfide) groups is 1. The summed E-state index contributed by atoms with van der Waals surface area (Å²) < 4.78 is 6.63. The molecule has 3 aromatic rings. The molecular formula is C23H16BrNO5S. The van der Waals surface area contributed by atoms with Gasteiger partial charge in [0, 0.05) is 0 Å². The molecular weight excluding hydrogens is 482 g/mol. The van der Waals surface area contributed by atoms with E-state index in [4.69, 9.17) is 9.84 Å². The molecule has 3 aromatic carbocycles. The highest BCUT2D eigenvalue weighted by atomic mass is 79.9. The number of amides is 2. The maximum absolute atomic E-state index is 12.3. The number of hydrogen-bond acceptors (Lipinski definition) is 5. The van der Waals surface area contributed by atoms with Crippen LogP contribution >= 0.6 is 27.7 Å². The van der Waals surface area contributed by atoms with Gasteiger partial charge in [0.15, 0.2) is 0 Å². The fraction of sp³-hybridized carbons (Fsp3) is 0.0870. The summed E-state index contributed by atoms with van der Waals surface area (Å²) in [6, 6.07) is 19.6. The highest BCUT2D eigenvalue weighted by Crippen LogP contribution is 2.34. The van der Waals surface area contributed by atoms with Crippen molar-refractivity contribution in [3.63, 3.8) is 0 Å². The second-order valence-corrected chi connectivity index (χ2v) is 8.67. The van der Waals surface area contributed by atoms with Gasteiger partial charge in [0.1, 0.15) is 18.9 Å². The number of carbonyl (C=O) groups excluding carboxylic acids is 2. The molecule has 4 rings (SSSR count). The van der Waals surface area contributed by atoms with E-state index in [9.17, 15) is 14.4 Å². The Morgan fingerprint density at radius 3 is 2.58 bits per heavy atom. The number of imide groups is 1. The second-order valence-electron chi connectivity index (χ2n) is 6.82.